The summed E-state index contributed by atoms with van der Waals surface area (Å²) < 4.78 is 5.20. The summed E-state index contributed by atoms with van der Waals surface area (Å²) in [4.78, 5) is 8.62. The van der Waals surface area contributed by atoms with Crippen molar-refractivity contribution in [2.24, 2.45) is 0 Å². The summed E-state index contributed by atoms with van der Waals surface area (Å²) in [7, 11) is 3.61. The minimum Gasteiger partial charge on any atom is -0.383 e. The van der Waals surface area contributed by atoms with Crippen molar-refractivity contribution in [3.8, 4) is 0 Å². The van der Waals surface area contributed by atoms with E-state index in [-0.39, 0.29) is 6.04 Å². The molecular formula is C13H24N4O. The van der Waals surface area contributed by atoms with Crippen molar-refractivity contribution in [3.05, 3.63) is 11.9 Å². The fourth-order valence-corrected chi connectivity index (χ4v) is 1.90. The molecule has 2 N–H and O–H groups in total. The van der Waals surface area contributed by atoms with E-state index < -0.39 is 0 Å². The van der Waals surface area contributed by atoms with Gasteiger partial charge < -0.3 is 15.4 Å². The van der Waals surface area contributed by atoms with Crippen LogP contribution >= 0.6 is 0 Å². The van der Waals surface area contributed by atoms with Crippen LogP contribution in [-0.4, -0.2) is 36.8 Å². The van der Waals surface area contributed by atoms with Crippen molar-refractivity contribution >= 4 is 11.6 Å². The minimum atomic E-state index is 0.283. The largest absolute Gasteiger partial charge is 0.383 e. The van der Waals surface area contributed by atoms with Gasteiger partial charge in [0.2, 0.25) is 0 Å². The van der Waals surface area contributed by atoms with Gasteiger partial charge in [-0.25, -0.2) is 9.97 Å². The molecule has 0 aliphatic rings. The predicted molar refractivity (Wildman–Crippen MR) is 75.2 cm³/mol. The van der Waals surface area contributed by atoms with Gasteiger partial charge in [0.25, 0.3) is 0 Å². The lowest BCUT2D eigenvalue weighted by Crippen LogP contribution is -2.25. The highest BCUT2D eigenvalue weighted by molar-refractivity contribution is 5.57. The molecule has 0 saturated carbocycles. The lowest BCUT2D eigenvalue weighted by molar-refractivity contribution is 0.184. The fraction of sp³-hybridized carbons (Fsp3) is 0.692. The maximum absolute atomic E-state index is 5.20. The average Bonchev–Trinajstić information content (AvgIpc) is 2.40. The van der Waals surface area contributed by atoms with Gasteiger partial charge in [0.15, 0.2) is 0 Å². The van der Waals surface area contributed by atoms with E-state index in [1.54, 1.807) is 13.4 Å². The highest BCUT2D eigenvalue weighted by Gasteiger charge is 2.13. The first-order valence-corrected chi connectivity index (χ1v) is 6.53. The molecule has 102 valence electrons. The van der Waals surface area contributed by atoms with Gasteiger partial charge in [0.05, 0.1) is 12.6 Å². The summed E-state index contributed by atoms with van der Waals surface area (Å²) in [6.07, 6.45) is 4.62. The van der Waals surface area contributed by atoms with Gasteiger partial charge in [-0.2, -0.15) is 0 Å². The fourth-order valence-electron chi connectivity index (χ4n) is 1.90. The summed E-state index contributed by atoms with van der Waals surface area (Å²) in [5.41, 5.74) is 1.15. The van der Waals surface area contributed by atoms with E-state index in [2.05, 4.69) is 34.4 Å². The number of aromatic nitrogens is 2. The Morgan fingerprint density at radius 3 is 2.56 bits per heavy atom. The molecule has 1 heterocycles. The maximum Gasteiger partial charge on any atom is 0.135 e. The zero-order chi connectivity index (χ0) is 13.4. The Labute approximate surface area is 109 Å². The second-order valence-electron chi connectivity index (χ2n) is 4.25. The zero-order valence-electron chi connectivity index (χ0n) is 11.8. The van der Waals surface area contributed by atoms with Crippen molar-refractivity contribution in [2.75, 3.05) is 31.4 Å². The second kappa shape index (κ2) is 7.87. The predicted octanol–water partition coefficient (Wildman–Crippen LogP) is 2.31. The number of ether oxygens (including phenoxy) is 1. The number of hydrogen-bond donors (Lipinski definition) is 2. The van der Waals surface area contributed by atoms with Crippen molar-refractivity contribution in [3.63, 3.8) is 0 Å². The molecule has 0 spiro atoms. The highest BCUT2D eigenvalue weighted by atomic mass is 16.5. The van der Waals surface area contributed by atoms with Gasteiger partial charge in [-0.05, 0) is 12.8 Å². The number of nitrogens with zero attached hydrogens (tertiary/aromatic N) is 2. The van der Waals surface area contributed by atoms with E-state index in [4.69, 9.17) is 4.74 Å². The van der Waals surface area contributed by atoms with Crippen LogP contribution in [0.3, 0.4) is 0 Å². The molecular weight excluding hydrogens is 228 g/mol. The molecule has 0 bridgehead atoms. The van der Waals surface area contributed by atoms with E-state index in [1.807, 2.05) is 7.05 Å². The van der Waals surface area contributed by atoms with Crippen LogP contribution < -0.4 is 10.6 Å². The van der Waals surface area contributed by atoms with Crippen LogP contribution in [0.4, 0.5) is 11.6 Å². The summed E-state index contributed by atoms with van der Waals surface area (Å²) in [6.45, 7) is 4.97. The lowest BCUT2D eigenvalue weighted by Gasteiger charge is -2.19. The van der Waals surface area contributed by atoms with Gasteiger partial charge in [-0.1, -0.05) is 20.3 Å². The molecule has 0 fully saturated rings. The molecule has 5 heteroatoms. The molecule has 1 aromatic rings. The molecule has 18 heavy (non-hydrogen) atoms. The van der Waals surface area contributed by atoms with Gasteiger partial charge in [-0.3, -0.25) is 0 Å². The Balaban J connectivity index is 2.92. The maximum atomic E-state index is 5.20. The topological polar surface area (TPSA) is 59.1 Å². The van der Waals surface area contributed by atoms with Crippen molar-refractivity contribution in [2.45, 2.75) is 39.2 Å². The number of rotatable bonds is 8. The van der Waals surface area contributed by atoms with Gasteiger partial charge >= 0.3 is 0 Å². The quantitative estimate of drug-likeness (QED) is 0.743. The first-order valence-electron chi connectivity index (χ1n) is 6.53. The third-order valence-electron chi connectivity index (χ3n) is 2.88. The molecule has 1 unspecified atom stereocenters. The molecule has 1 atom stereocenters. The van der Waals surface area contributed by atoms with E-state index >= 15 is 0 Å². The van der Waals surface area contributed by atoms with Crippen LogP contribution in [0.15, 0.2) is 6.33 Å². The number of methoxy groups -OCH3 is 1. The van der Waals surface area contributed by atoms with Crippen molar-refractivity contribution in [1.82, 2.24) is 9.97 Å². The Hall–Kier alpha value is -1.36. The third kappa shape index (κ3) is 3.84. The minimum absolute atomic E-state index is 0.283. The second-order valence-corrected chi connectivity index (χ2v) is 4.25. The molecule has 0 aliphatic heterocycles. The van der Waals surface area contributed by atoms with Crippen LogP contribution in [0.25, 0.3) is 0 Å². The normalized spacial score (nSPS) is 12.2. The van der Waals surface area contributed by atoms with Crippen LogP contribution in [0.2, 0.25) is 0 Å². The molecule has 0 saturated heterocycles. The first-order chi connectivity index (χ1) is 8.76. The van der Waals surface area contributed by atoms with Crippen LogP contribution in [0.5, 0.6) is 0 Å². The van der Waals surface area contributed by atoms with Crippen molar-refractivity contribution < 1.29 is 4.74 Å². The zero-order valence-corrected chi connectivity index (χ0v) is 11.8. The van der Waals surface area contributed by atoms with Crippen LogP contribution in [-0.2, 0) is 11.2 Å². The van der Waals surface area contributed by atoms with E-state index in [0.29, 0.717) is 6.61 Å². The van der Waals surface area contributed by atoms with Crippen LogP contribution in [0, 0.1) is 0 Å². The number of anilines is 2. The smallest absolute Gasteiger partial charge is 0.135 e. The lowest BCUT2D eigenvalue weighted by atomic mass is 10.1. The molecule has 1 rings (SSSR count). The van der Waals surface area contributed by atoms with E-state index in [0.717, 1.165) is 36.5 Å². The Bertz CT molecular complexity index is 357. The Kier molecular flexibility index (Phi) is 6.43. The molecule has 0 aromatic carbocycles. The standard InChI is InChI=1S/C13H24N4O/c1-5-7-11-12(14-3)15-9-16-13(11)17-10(6-2)8-18-4/h9-10H,5-8H2,1-4H3,(H2,14,15,16,17). The van der Waals surface area contributed by atoms with E-state index in [9.17, 15) is 0 Å². The monoisotopic (exact) mass is 252 g/mol. The Morgan fingerprint density at radius 1 is 1.28 bits per heavy atom. The molecule has 1 aromatic heterocycles. The van der Waals surface area contributed by atoms with Crippen molar-refractivity contribution in [1.29, 1.82) is 0 Å². The summed E-state index contributed by atoms with van der Waals surface area (Å²) in [6, 6.07) is 0.283. The van der Waals surface area contributed by atoms with Gasteiger partial charge in [0, 0.05) is 19.7 Å². The number of hydrogen-bond acceptors (Lipinski definition) is 5. The summed E-state index contributed by atoms with van der Waals surface area (Å²) >= 11 is 0. The SMILES string of the molecule is CCCc1c(NC)ncnc1NC(CC)COC. The first kappa shape index (κ1) is 14.7. The molecule has 0 aliphatic carbocycles. The average molecular weight is 252 g/mol. The molecule has 5 nitrogen and oxygen atoms in total. The summed E-state index contributed by atoms with van der Waals surface area (Å²) in [5, 5.41) is 6.56. The van der Waals surface area contributed by atoms with Crippen LogP contribution in [0.1, 0.15) is 32.3 Å². The molecule has 0 radical (unpaired) electrons. The van der Waals surface area contributed by atoms with Gasteiger partial charge in [-0.15, -0.1) is 0 Å². The van der Waals surface area contributed by atoms with E-state index in [1.165, 1.54) is 0 Å². The third-order valence-corrected chi connectivity index (χ3v) is 2.88. The Morgan fingerprint density at radius 2 is 2.00 bits per heavy atom. The number of nitrogens with one attached hydrogen (secondary N) is 2. The highest BCUT2D eigenvalue weighted by Crippen LogP contribution is 2.22. The van der Waals surface area contributed by atoms with Gasteiger partial charge in [0.1, 0.15) is 18.0 Å². The molecule has 0 amide bonds. The summed E-state index contributed by atoms with van der Waals surface area (Å²) in [5.74, 6) is 1.82.